The van der Waals surface area contributed by atoms with Gasteiger partial charge in [0.25, 0.3) is 0 Å². The number of rotatable bonds is 10. The summed E-state index contributed by atoms with van der Waals surface area (Å²) in [6.07, 6.45) is -0.560. The molecule has 0 saturated carbocycles. The van der Waals surface area contributed by atoms with E-state index in [0.29, 0.717) is 13.0 Å². The van der Waals surface area contributed by atoms with Crippen molar-refractivity contribution in [2.24, 2.45) is 0 Å². The van der Waals surface area contributed by atoms with Crippen LogP contribution >= 0.6 is 0 Å². The van der Waals surface area contributed by atoms with Crippen LogP contribution in [0.1, 0.15) is 61.3 Å². The molecule has 0 radical (unpaired) electrons. The van der Waals surface area contributed by atoms with Crippen LogP contribution < -0.4 is 5.32 Å². The molecule has 10 heteroatoms. The summed E-state index contributed by atoms with van der Waals surface area (Å²) in [5.41, 5.74) is -1.37. The lowest BCUT2D eigenvalue weighted by atomic mass is 10.2. The van der Waals surface area contributed by atoms with Crippen molar-refractivity contribution in [1.29, 1.82) is 0 Å². The van der Waals surface area contributed by atoms with E-state index < -0.39 is 29.3 Å². The van der Waals surface area contributed by atoms with Crippen LogP contribution in [0.3, 0.4) is 0 Å². The third-order valence-electron chi connectivity index (χ3n) is 3.58. The summed E-state index contributed by atoms with van der Waals surface area (Å²) in [5, 5.41) is 2.67. The zero-order valence-electron chi connectivity index (χ0n) is 20.2. The molecule has 0 fully saturated rings. The molecular weight excluding hydrogens is 406 g/mol. The Bertz CT molecular complexity index is 609. The second-order valence-electron chi connectivity index (χ2n) is 9.06. The highest BCUT2D eigenvalue weighted by Gasteiger charge is 2.26. The molecule has 0 rings (SSSR count). The zero-order valence-corrected chi connectivity index (χ0v) is 20.2. The Hall–Kier alpha value is -2.52. The second-order valence-corrected chi connectivity index (χ2v) is 9.06. The van der Waals surface area contributed by atoms with E-state index in [-0.39, 0.29) is 38.6 Å². The number of carbonyl (C=O) groups is 4. The van der Waals surface area contributed by atoms with E-state index in [9.17, 15) is 19.2 Å². The van der Waals surface area contributed by atoms with Gasteiger partial charge in [-0.1, -0.05) is 0 Å². The second kappa shape index (κ2) is 13.0. The minimum Gasteiger partial charge on any atom is -0.466 e. The smallest absolute Gasteiger partial charge is 0.410 e. The van der Waals surface area contributed by atoms with Crippen molar-refractivity contribution >= 4 is 24.1 Å². The molecule has 0 aliphatic heterocycles. The number of ether oxygens (including phenoxy) is 3. The van der Waals surface area contributed by atoms with Gasteiger partial charge in [-0.3, -0.25) is 14.5 Å². The van der Waals surface area contributed by atoms with Gasteiger partial charge >= 0.3 is 18.2 Å². The first-order chi connectivity index (χ1) is 14.1. The number of hydrogen-bond acceptors (Lipinski definition) is 7. The van der Waals surface area contributed by atoms with Crippen LogP contribution in [0.15, 0.2) is 0 Å². The van der Waals surface area contributed by atoms with Crippen LogP contribution in [-0.4, -0.2) is 84.9 Å². The Morgan fingerprint density at radius 3 is 1.94 bits per heavy atom. The highest BCUT2D eigenvalue weighted by molar-refractivity contribution is 5.82. The molecule has 0 unspecified atom stereocenters. The maximum Gasteiger partial charge on any atom is 0.410 e. The Labute approximate surface area is 185 Å². The van der Waals surface area contributed by atoms with Crippen LogP contribution in [0.4, 0.5) is 9.59 Å². The third kappa shape index (κ3) is 15.0. The van der Waals surface area contributed by atoms with Crippen LogP contribution in [0, 0.1) is 0 Å². The normalized spacial score (nSPS) is 11.4. The standard InChI is InChI=1S/C21H39N3O7/c1-9-29-17(26)11-10-12-22-16(25)15-24(19(28)31-21(5,6)7)14-13-23(8)18(27)30-20(2,3)4/h9-15H2,1-8H3,(H,22,25). The molecule has 3 amide bonds. The predicted molar refractivity (Wildman–Crippen MR) is 116 cm³/mol. The number of likely N-dealkylation sites (N-methyl/N-ethyl adjacent to an activating group) is 1. The van der Waals surface area contributed by atoms with Crippen LogP contribution in [0.5, 0.6) is 0 Å². The van der Waals surface area contributed by atoms with Crippen molar-refractivity contribution in [1.82, 2.24) is 15.1 Å². The molecule has 0 aliphatic carbocycles. The minimum atomic E-state index is -0.734. The number of nitrogens with zero attached hydrogens (tertiary/aromatic N) is 2. The lowest BCUT2D eigenvalue weighted by Gasteiger charge is -2.29. The maximum atomic E-state index is 12.5. The van der Waals surface area contributed by atoms with Gasteiger partial charge in [0, 0.05) is 33.1 Å². The molecule has 0 aromatic carbocycles. The molecule has 0 aliphatic rings. The van der Waals surface area contributed by atoms with Gasteiger partial charge in [-0.05, 0) is 54.9 Å². The molecule has 180 valence electrons. The van der Waals surface area contributed by atoms with E-state index in [1.165, 1.54) is 9.80 Å². The Morgan fingerprint density at radius 2 is 1.42 bits per heavy atom. The number of hydrogen-bond donors (Lipinski definition) is 1. The van der Waals surface area contributed by atoms with Crippen LogP contribution in [0.25, 0.3) is 0 Å². The summed E-state index contributed by atoms with van der Waals surface area (Å²) in [6, 6.07) is 0. The molecule has 0 heterocycles. The fourth-order valence-electron chi connectivity index (χ4n) is 2.19. The van der Waals surface area contributed by atoms with Crippen LogP contribution in [0.2, 0.25) is 0 Å². The van der Waals surface area contributed by atoms with Gasteiger partial charge < -0.3 is 24.4 Å². The lowest BCUT2D eigenvalue weighted by Crippen LogP contribution is -2.47. The summed E-state index contributed by atoms with van der Waals surface area (Å²) in [6.45, 7) is 12.8. The van der Waals surface area contributed by atoms with E-state index in [0.717, 1.165) is 0 Å². The summed E-state index contributed by atoms with van der Waals surface area (Å²) >= 11 is 0. The molecule has 0 bridgehead atoms. The first kappa shape index (κ1) is 28.5. The Morgan fingerprint density at radius 1 is 0.871 bits per heavy atom. The summed E-state index contributed by atoms with van der Waals surface area (Å²) in [5.74, 6) is -0.716. The largest absolute Gasteiger partial charge is 0.466 e. The van der Waals surface area contributed by atoms with Gasteiger partial charge in [0.15, 0.2) is 0 Å². The molecular formula is C21H39N3O7. The first-order valence-corrected chi connectivity index (χ1v) is 10.5. The van der Waals surface area contributed by atoms with Gasteiger partial charge in [0.2, 0.25) is 5.91 Å². The topological polar surface area (TPSA) is 114 Å². The van der Waals surface area contributed by atoms with Crippen molar-refractivity contribution in [2.75, 3.05) is 39.8 Å². The van der Waals surface area contributed by atoms with Gasteiger partial charge in [0.1, 0.15) is 17.7 Å². The van der Waals surface area contributed by atoms with Crippen molar-refractivity contribution < 1.29 is 33.4 Å². The average Bonchev–Trinajstić information content (AvgIpc) is 2.59. The van der Waals surface area contributed by atoms with E-state index >= 15 is 0 Å². The third-order valence-corrected chi connectivity index (χ3v) is 3.58. The molecule has 0 saturated heterocycles. The highest BCUT2D eigenvalue weighted by atomic mass is 16.6. The molecule has 1 N–H and O–H groups in total. The quantitative estimate of drug-likeness (QED) is 0.312. The summed E-state index contributed by atoms with van der Waals surface area (Å²) in [7, 11) is 1.55. The summed E-state index contributed by atoms with van der Waals surface area (Å²) in [4.78, 5) is 50.8. The fraction of sp³-hybridized carbons (Fsp3) is 0.810. The molecule has 0 aromatic rings. The van der Waals surface area contributed by atoms with E-state index in [1.807, 2.05) is 0 Å². The average molecular weight is 446 g/mol. The van der Waals surface area contributed by atoms with E-state index in [4.69, 9.17) is 14.2 Å². The highest BCUT2D eigenvalue weighted by Crippen LogP contribution is 2.11. The van der Waals surface area contributed by atoms with Gasteiger partial charge in [-0.15, -0.1) is 0 Å². The van der Waals surface area contributed by atoms with Crippen molar-refractivity contribution in [3.8, 4) is 0 Å². The predicted octanol–water partition coefficient (Wildman–Crippen LogP) is 2.55. The molecule has 31 heavy (non-hydrogen) atoms. The fourth-order valence-corrected chi connectivity index (χ4v) is 2.19. The van der Waals surface area contributed by atoms with Crippen molar-refractivity contribution in [3.63, 3.8) is 0 Å². The molecule has 10 nitrogen and oxygen atoms in total. The Balaban J connectivity index is 4.80. The zero-order chi connectivity index (χ0) is 24.2. The number of amides is 3. The molecule has 0 spiro atoms. The Kier molecular flexibility index (Phi) is 12.0. The SMILES string of the molecule is CCOC(=O)CCCNC(=O)CN(CCN(C)C(=O)OC(C)(C)C)C(=O)OC(C)(C)C. The van der Waals surface area contributed by atoms with Gasteiger partial charge in [-0.25, -0.2) is 9.59 Å². The lowest BCUT2D eigenvalue weighted by molar-refractivity contribution is -0.143. The van der Waals surface area contributed by atoms with Gasteiger partial charge in [0.05, 0.1) is 6.61 Å². The van der Waals surface area contributed by atoms with Gasteiger partial charge in [-0.2, -0.15) is 0 Å². The monoisotopic (exact) mass is 445 g/mol. The number of carbonyl (C=O) groups excluding carboxylic acids is 4. The van der Waals surface area contributed by atoms with E-state index in [2.05, 4.69) is 5.32 Å². The molecule has 0 aromatic heterocycles. The minimum absolute atomic E-state index is 0.0842. The van der Waals surface area contributed by atoms with Crippen molar-refractivity contribution in [3.05, 3.63) is 0 Å². The number of nitrogens with one attached hydrogen (secondary N) is 1. The summed E-state index contributed by atoms with van der Waals surface area (Å²) < 4.78 is 15.5. The van der Waals surface area contributed by atoms with E-state index in [1.54, 1.807) is 55.5 Å². The maximum absolute atomic E-state index is 12.5. The number of esters is 1. The van der Waals surface area contributed by atoms with Crippen LogP contribution in [-0.2, 0) is 23.8 Å². The first-order valence-electron chi connectivity index (χ1n) is 10.5. The molecule has 0 atom stereocenters. The van der Waals surface area contributed by atoms with Crippen molar-refractivity contribution in [2.45, 2.75) is 72.5 Å².